The number of phenolic OH excluding ortho intramolecular Hbond substituents is 1. The van der Waals surface area contributed by atoms with Gasteiger partial charge in [0.15, 0.2) is 0 Å². The zero-order valence-corrected chi connectivity index (χ0v) is 10.7. The van der Waals surface area contributed by atoms with Crippen LogP contribution in [0.5, 0.6) is 11.5 Å². The van der Waals surface area contributed by atoms with Crippen molar-refractivity contribution >= 4 is 17.4 Å². The van der Waals surface area contributed by atoms with Crippen molar-refractivity contribution in [1.82, 2.24) is 0 Å². The lowest BCUT2D eigenvalue weighted by Crippen LogP contribution is -2.01. The Morgan fingerprint density at radius 2 is 2.06 bits per heavy atom. The van der Waals surface area contributed by atoms with Gasteiger partial charge < -0.3 is 15.2 Å². The van der Waals surface area contributed by atoms with Gasteiger partial charge in [-0.15, -0.1) is 0 Å². The van der Waals surface area contributed by atoms with Crippen LogP contribution in [-0.4, -0.2) is 12.2 Å². The number of phenols is 1. The van der Waals surface area contributed by atoms with E-state index in [0.717, 1.165) is 17.0 Å². The quantitative estimate of drug-likeness (QED) is 0.864. The molecular formula is C14H13NO2S. The second-order valence-corrected chi connectivity index (χ2v) is 5.21. The minimum Gasteiger partial charge on any atom is -0.508 e. The van der Waals surface area contributed by atoms with Gasteiger partial charge >= 0.3 is 0 Å². The number of thioether (sulfide) groups is 1. The van der Waals surface area contributed by atoms with Gasteiger partial charge in [-0.2, -0.15) is 0 Å². The molecule has 18 heavy (non-hydrogen) atoms. The number of methoxy groups -OCH3 is 1. The lowest BCUT2D eigenvalue weighted by Gasteiger charge is -2.13. The number of ether oxygens (including phenoxy) is 1. The predicted octanol–water partition coefficient (Wildman–Crippen LogP) is 3.62. The molecule has 0 aliphatic carbocycles. The molecule has 1 aliphatic rings. The maximum Gasteiger partial charge on any atom is 0.122 e. The van der Waals surface area contributed by atoms with Crippen LogP contribution in [0.2, 0.25) is 0 Å². The molecule has 2 aromatic rings. The zero-order valence-electron chi connectivity index (χ0n) is 9.88. The minimum absolute atomic E-state index is 0.0255. The molecule has 0 fully saturated rings. The molecule has 1 unspecified atom stereocenters. The van der Waals surface area contributed by atoms with Crippen molar-refractivity contribution in [2.45, 2.75) is 10.3 Å². The Morgan fingerprint density at radius 3 is 2.83 bits per heavy atom. The predicted molar refractivity (Wildman–Crippen MR) is 73.3 cm³/mol. The molecule has 1 heterocycles. The first-order valence-electron chi connectivity index (χ1n) is 5.67. The number of fused-ring (bicyclic) bond motifs is 1. The van der Waals surface area contributed by atoms with Gasteiger partial charge in [-0.1, -0.05) is 23.9 Å². The van der Waals surface area contributed by atoms with Gasteiger partial charge in [0.05, 0.1) is 7.11 Å². The third-order valence-electron chi connectivity index (χ3n) is 2.94. The molecule has 0 saturated carbocycles. The highest BCUT2D eigenvalue weighted by molar-refractivity contribution is 8.00. The number of aromatic hydroxyl groups is 1. The van der Waals surface area contributed by atoms with Crippen LogP contribution < -0.4 is 10.1 Å². The van der Waals surface area contributed by atoms with E-state index in [2.05, 4.69) is 11.4 Å². The molecule has 0 spiro atoms. The molecule has 1 atom stereocenters. The van der Waals surface area contributed by atoms with Gasteiger partial charge in [0.25, 0.3) is 0 Å². The molecule has 2 aromatic carbocycles. The van der Waals surface area contributed by atoms with Crippen molar-refractivity contribution in [2.75, 3.05) is 12.4 Å². The number of rotatable bonds is 2. The van der Waals surface area contributed by atoms with Crippen molar-refractivity contribution in [1.29, 1.82) is 0 Å². The second kappa shape index (κ2) is 4.46. The van der Waals surface area contributed by atoms with Crippen LogP contribution in [0.25, 0.3) is 0 Å². The molecular weight excluding hydrogens is 246 g/mol. The van der Waals surface area contributed by atoms with Gasteiger partial charge in [-0.3, -0.25) is 0 Å². The fraction of sp³-hybridized carbons (Fsp3) is 0.143. The summed E-state index contributed by atoms with van der Waals surface area (Å²) in [6.07, 6.45) is 0. The van der Waals surface area contributed by atoms with E-state index < -0.39 is 0 Å². The van der Waals surface area contributed by atoms with E-state index in [4.69, 9.17) is 4.74 Å². The average molecular weight is 259 g/mol. The first kappa shape index (κ1) is 11.3. The van der Waals surface area contributed by atoms with E-state index in [-0.39, 0.29) is 11.1 Å². The molecule has 3 nitrogen and oxygen atoms in total. The zero-order chi connectivity index (χ0) is 12.5. The van der Waals surface area contributed by atoms with Crippen LogP contribution in [0.3, 0.4) is 0 Å². The van der Waals surface area contributed by atoms with Crippen LogP contribution in [0.1, 0.15) is 10.9 Å². The number of hydrogen-bond donors (Lipinski definition) is 2. The number of anilines is 1. The average Bonchev–Trinajstić information content (AvgIpc) is 2.82. The van der Waals surface area contributed by atoms with E-state index in [1.807, 2.05) is 24.3 Å². The summed E-state index contributed by atoms with van der Waals surface area (Å²) in [6.45, 7) is 0. The molecule has 0 bridgehead atoms. The van der Waals surface area contributed by atoms with E-state index in [1.54, 1.807) is 31.0 Å². The van der Waals surface area contributed by atoms with Crippen molar-refractivity contribution in [3.63, 3.8) is 0 Å². The molecule has 0 radical (unpaired) electrons. The normalized spacial score (nSPS) is 17.1. The van der Waals surface area contributed by atoms with Crippen LogP contribution in [-0.2, 0) is 0 Å². The Balaban J connectivity index is 1.94. The monoisotopic (exact) mass is 259 g/mol. The molecule has 0 saturated heterocycles. The highest BCUT2D eigenvalue weighted by Gasteiger charge is 2.24. The second-order valence-electron chi connectivity index (χ2n) is 4.06. The van der Waals surface area contributed by atoms with E-state index in [1.165, 1.54) is 4.90 Å². The molecule has 0 aromatic heterocycles. The topological polar surface area (TPSA) is 41.5 Å². The van der Waals surface area contributed by atoms with Gasteiger partial charge in [0.1, 0.15) is 16.9 Å². The van der Waals surface area contributed by atoms with Gasteiger partial charge in [-0.05, 0) is 30.3 Å². The number of hydrogen-bond acceptors (Lipinski definition) is 4. The van der Waals surface area contributed by atoms with Crippen LogP contribution in [0, 0.1) is 0 Å². The Kier molecular flexibility index (Phi) is 2.80. The number of benzene rings is 2. The summed E-state index contributed by atoms with van der Waals surface area (Å²) in [7, 11) is 1.63. The van der Waals surface area contributed by atoms with Gasteiger partial charge in [-0.25, -0.2) is 0 Å². The Labute approximate surface area is 110 Å². The summed E-state index contributed by atoms with van der Waals surface area (Å²) < 4.78 is 5.20. The third-order valence-corrected chi connectivity index (χ3v) is 4.15. The summed E-state index contributed by atoms with van der Waals surface area (Å²) in [4.78, 5) is 1.20. The molecule has 92 valence electrons. The summed E-state index contributed by atoms with van der Waals surface area (Å²) in [6, 6.07) is 13.4. The largest absolute Gasteiger partial charge is 0.508 e. The highest BCUT2D eigenvalue weighted by Crippen LogP contribution is 2.48. The molecule has 1 aliphatic heterocycles. The van der Waals surface area contributed by atoms with Crippen molar-refractivity contribution in [2.24, 2.45) is 0 Å². The van der Waals surface area contributed by atoms with Crippen molar-refractivity contribution in [3.8, 4) is 11.5 Å². The SMILES string of the molecule is COc1ccc(O)c(C2Nc3ccccc3S2)c1. The molecule has 0 amide bonds. The van der Waals surface area contributed by atoms with Crippen molar-refractivity contribution in [3.05, 3.63) is 48.0 Å². The van der Waals surface area contributed by atoms with Crippen molar-refractivity contribution < 1.29 is 9.84 Å². The van der Waals surface area contributed by atoms with E-state index in [9.17, 15) is 5.11 Å². The minimum atomic E-state index is 0.0255. The van der Waals surface area contributed by atoms with Crippen LogP contribution in [0.4, 0.5) is 5.69 Å². The van der Waals surface area contributed by atoms with Gasteiger partial charge in [0, 0.05) is 16.1 Å². The number of nitrogens with one attached hydrogen (secondary N) is 1. The maximum atomic E-state index is 9.96. The molecule has 2 N–H and O–H groups in total. The molecule has 3 rings (SSSR count). The lowest BCUT2D eigenvalue weighted by molar-refractivity contribution is 0.411. The summed E-state index contributed by atoms with van der Waals surface area (Å²) in [5.74, 6) is 1.04. The highest BCUT2D eigenvalue weighted by atomic mass is 32.2. The third kappa shape index (κ3) is 1.88. The van der Waals surface area contributed by atoms with Crippen LogP contribution >= 0.6 is 11.8 Å². The standard InChI is InChI=1S/C14H13NO2S/c1-17-9-6-7-12(16)10(8-9)14-15-11-4-2-3-5-13(11)18-14/h2-8,14-16H,1H3. The number of para-hydroxylation sites is 1. The fourth-order valence-corrected chi connectivity index (χ4v) is 3.16. The Morgan fingerprint density at radius 1 is 1.22 bits per heavy atom. The smallest absolute Gasteiger partial charge is 0.122 e. The lowest BCUT2D eigenvalue weighted by atomic mass is 10.2. The Hall–Kier alpha value is -1.81. The summed E-state index contributed by atoms with van der Waals surface area (Å²) in [5.41, 5.74) is 1.95. The van der Waals surface area contributed by atoms with E-state index >= 15 is 0 Å². The first-order valence-corrected chi connectivity index (χ1v) is 6.55. The van der Waals surface area contributed by atoms with Gasteiger partial charge in [0.2, 0.25) is 0 Å². The fourth-order valence-electron chi connectivity index (χ4n) is 2.00. The summed E-state index contributed by atoms with van der Waals surface area (Å²) >= 11 is 1.70. The Bertz CT molecular complexity index is 561. The first-order chi connectivity index (χ1) is 8.78. The van der Waals surface area contributed by atoms with E-state index in [0.29, 0.717) is 0 Å². The molecule has 4 heteroatoms. The summed E-state index contributed by atoms with van der Waals surface area (Å²) in [5, 5.41) is 13.4. The van der Waals surface area contributed by atoms with Crippen LogP contribution in [0.15, 0.2) is 47.4 Å². The maximum absolute atomic E-state index is 9.96.